The van der Waals surface area contributed by atoms with Gasteiger partial charge in [0.2, 0.25) is 5.88 Å². The monoisotopic (exact) mass is 249 g/mol. The van der Waals surface area contributed by atoms with Crippen LogP contribution in [0.1, 0.15) is 37.6 Å². The van der Waals surface area contributed by atoms with Gasteiger partial charge in [-0.25, -0.2) is 9.78 Å². The van der Waals surface area contributed by atoms with Crippen LogP contribution in [0.2, 0.25) is 0 Å². The summed E-state index contributed by atoms with van der Waals surface area (Å²) in [7, 11) is 0. The van der Waals surface area contributed by atoms with Crippen molar-refractivity contribution in [3.63, 3.8) is 0 Å². The van der Waals surface area contributed by atoms with Gasteiger partial charge >= 0.3 is 0 Å². The first-order valence-electron chi connectivity index (χ1n) is 5.69. The smallest absolute Gasteiger partial charge is 0.219 e. The molecule has 0 unspecified atom stereocenters. The van der Waals surface area contributed by atoms with E-state index in [-0.39, 0.29) is 6.54 Å². The minimum Gasteiger partial charge on any atom is -0.472 e. The predicted octanol–water partition coefficient (Wildman–Crippen LogP) is 1.45. The average Bonchev–Trinajstić information content (AvgIpc) is 2.24. The molecule has 0 aromatic carbocycles. The van der Waals surface area contributed by atoms with Crippen LogP contribution >= 0.6 is 0 Å². The lowest BCUT2D eigenvalue weighted by Crippen LogP contribution is -2.25. The number of nitrogens with zero attached hydrogens (tertiary/aromatic N) is 1. The number of pyridine rings is 1. The Morgan fingerprint density at radius 1 is 1.44 bits per heavy atom. The second-order valence-corrected chi connectivity index (χ2v) is 5.00. The van der Waals surface area contributed by atoms with Crippen molar-refractivity contribution in [2.45, 2.75) is 39.8 Å². The van der Waals surface area contributed by atoms with Crippen LogP contribution in [0.25, 0.3) is 6.08 Å². The van der Waals surface area contributed by atoms with Gasteiger partial charge in [0.1, 0.15) is 11.5 Å². The van der Waals surface area contributed by atoms with Crippen molar-refractivity contribution < 1.29 is 9.53 Å². The first-order chi connectivity index (χ1) is 8.30. The average molecular weight is 249 g/mol. The topological polar surface area (TPSA) is 91.2 Å². The van der Waals surface area contributed by atoms with Crippen LogP contribution in [-0.4, -0.2) is 16.5 Å². The van der Waals surface area contributed by atoms with Gasteiger partial charge in [-0.2, -0.15) is 0 Å². The van der Waals surface area contributed by atoms with Crippen molar-refractivity contribution in [1.29, 1.82) is 0 Å². The first-order valence-corrected chi connectivity index (χ1v) is 5.69. The van der Waals surface area contributed by atoms with E-state index in [0.29, 0.717) is 22.8 Å². The van der Waals surface area contributed by atoms with Crippen LogP contribution in [0.15, 0.2) is 0 Å². The largest absolute Gasteiger partial charge is 0.472 e. The highest BCUT2D eigenvalue weighted by Crippen LogP contribution is 2.29. The standard InChI is InChI=1S/C13H19N3O2/c1-8-11(15)9(7-14)10(5-6-17)16-12(8)18-13(2,3)4/h5H,7,14H2,1-4H3,(H2,15,16). The molecule has 0 amide bonds. The van der Waals surface area contributed by atoms with Crippen LogP contribution in [0.5, 0.6) is 5.88 Å². The molecule has 0 saturated carbocycles. The van der Waals surface area contributed by atoms with Gasteiger partial charge in [-0.3, -0.25) is 0 Å². The summed E-state index contributed by atoms with van der Waals surface area (Å²) in [5, 5.41) is 0. The van der Waals surface area contributed by atoms with Crippen molar-refractivity contribution in [2.24, 2.45) is 5.73 Å². The van der Waals surface area contributed by atoms with E-state index in [2.05, 4.69) is 4.98 Å². The third kappa shape index (κ3) is 3.09. The lowest BCUT2D eigenvalue weighted by molar-refractivity contribution is 0.123. The minimum atomic E-state index is -0.392. The molecule has 0 atom stereocenters. The van der Waals surface area contributed by atoms with Crippen molar-refractivity contribution in [3.8, 4) is 5.88 Å². The number of nitrogens with two attached hydrogens (primary N) is 2. The summed E-state index contributed by atoms with van der Waals surface area (Å²) in [5.41, 5.74) is 13.5. The highest BCUT2D eigenvalue weighted by molar-refractivity contribution is 5.77. The minimum absolute atomic E-state index is 0.211. The normalized spacial score (nSPS) is 10.9. The Balaban J connectivity index is 3.42. The predicted molar refractivity (Wildman–Crippen MR) is 71.8 cm³/mol. The number of hydrogen-bond donors (Lipinski definition) is 2. The molecule has 0 fully saturated rings. The molecule has 5 heteroatoms. The molecule has 0 aliphatic carbocycles. The van der Waals surface area contributed by atoms with Gasteiger partial charge in [-0.05, 0) is 27.7 Å². The molecule has 98 valence electrons. The Morgan fingerprint density at radius 3 is 2.50 bits per heavy atom. The summed E-state index contributed by atoms with van der Waals surface area (Å²) >= 11 is 0. The van der Waals surface area contributed by atoms with E-state index in [1.807, 2.05) is 27.7 Å². The number of anilines is 1. The van der Waals surface area contributed by atoms with Gasteiger partial charge in [0.25, 0.3) is 0 Å². The molecule has 5 nitrogen and oxygen atoms in total. The van der Waals surface area contributed by atoms with Crippen LogP contribution in [-0.2, 0) is 11.3 Å². The fourth-order valence-electron chi connectivity index (χ4n) is 1.52. The molecule has 0 spiro atoms. The maximum absolute atomic E-state index is 10.5. The molecular formula is C13H19N3O2. The highest BCUT2D eigenvalue weighted by Gasteiger charge is 2.19. The Labute approximate surface area is 107 Å². The maximum Gasteiger partial charge on any atom is 0.219 e. The molecule has 1 rings (SSSR count). The molecule has 1 heterocycles. The van der Waals surface area contributed by atoms with Crippen LogP contribution < -0.4 is 16.2 Å². The molecule has 0 bridgehead atoms. The summed E-state index contributed by atoms with van der Waals surface area (Å²) in [6, 6.07) is 0. The van der Waals surface area contributed by atoms with Crippen LogP contribution in [0, 0.1) is 6.92 Å². The highest BCUT2D eigenvalue weighted by atomic mass is 16.5. The van der Waals surface area contributed by atoms with Crippen molar-refractivity contribution >= 4 is 17.7 Å². The Bertz CT molecular complexity index is 498. The van der Waals surface area contributed by atoms with Crippen LogP contribution in [0.3, 0.4) is 0 Å². The van der Waals surface area contributed by atoms with E-state index >= 15 is 0 Å². The zero-order valence-corrected chi connectivity index (χ0v) is 11.2. The van der Waals surface area contributed by atoms with Gasteiger partial charge in [0.05, 0.1) is 5.69 Å². The molecule has 1 aromatic rings. The number of nitrogen functional groups attached to an aromatic ring is 1. The molecule has 0 radical (unpaired) electrons. The van der Waals surface area contributed by atoms with Gasteiger partial charge in [-0.1, -0.05) is 0 Å². The van der Waals surface area contributed by atoms with Crippen LogP contribution in [0.4, 0.5) is 5.69 Å². The SMILES string of the molecule is Cc1c(OC(C)(C)C)nc(C=C=O)c(CN)c1N. The fraction of sp³-hybridized carbons (Fsp3) is 0.462. The first kappa shape index (κ1) is 14.2. The van der Waals surface area contributed by atoms with E-state index in [1.54, 1.807) is 5.94 Å². The van der Waals surface area contributed by atoms with E-state index in [0.717, 1.165) is 5.56 Å². The summed E-state index contributed by atoms with van der Waals surface area (Å²) in [4.78, 5) is 14.8. The third-order valence-electron chi connectivity index (χ3n) is 2.38. The summed E-state index contributed by atoms with van der Waals surface area (Å²) in [6.45, 7) is 7.77. The lowest BCUT2D eigenvalue weighted by Gasteiger charge is -2.23. The third-order valence-corrected chi connectivity index (χ3v) is 2.38. The van der Waals surface area contributed by atoms with Crippen molar-refractivity contribution in [2.75, 3.05) is 5.73 Å². The molecule has 0 aliphatic rings. The fourth-order valence-corrected chi connectivity index (χ4v) is 1.52. The van der Waals surface area contributed by atoms with Gasteiger partial charge < -0.3 is 16.2 Å². The van der Waals surface area contributed by atoms with E-state index in [4.69, 9.17) is 16.2 Å². The summed E-state index contributed by atoms with van der Waals surface area (Å²) in [5.74, 6) is 2.11. The summed E-state index contributed by atoms with van der Waals surface area (Å²) < 4.78 is 5.72. The van der Waals surface area contributed by atoms with E-state index in [9.17, 15) is 4.79 Å². The molecule has 18 heavy (non-hydrogen) atoms. The van der Waals surface area contributed by atoms with Gasteiger partial charge in [-0.15, -0.1) is 0 Å². The molecule has 4 N–H and O–H groups in total. The Morgan fingerprint density at radius 2 is 2.06 bits per heavy atom. The lowest BCUT2D eigenvalue weighted by atomic mass is 10.1. The molecular weight excluding hydrogens is 230 g/mol. The van der Waals surface area contributed by atoms with Crippen molar-refractivity contribution in [3.05, 3.63) is 16.8 Å². The second kappa shape index (κ2) is 5.21. The van der Waals surface area contributed by atoms with Crippen molar-refractivity contribution in [1.82, 2.24) is 4.98 Å². The number of carbonyl (C=O) groups excluding carboxylic acids is 1. The molecule has 0 aliphatic heterocycles. The number of rotatable bonds is 3. The molecule has 0 saturated heterocycles. The Hall–Kier alpha value is -1.84. The summed E-state index contributed by atoms with van der Waals surface area (Å²) in [6.07, 6.45) is 1.22. The molecule has 1 aromatic heterocycles. The number of ether oxygens (including phenoxy) is 1. The number of hydrogen-bond acceptors (Lipinski definition) is 5. The maximum atomic E-state index is 10.5. The number of aromatic nitrogens is 1. The van der Waals surface area contributed by atoms with E-state index in [1.165, 1.54) is 6.08 Å². The Kier molecular flexibility index (Phi) is 4.11. The second-order valence-electron chi connectivity index (χ2n) is 5.00. The zero-order valence-electron chi connectivity index (χ0n) is 11.2. The van der Waals surface area contributed by atoms with Gasteiger partial charge in [0.15, 0.2) is 0 Å². The van der Waals surface area contributed by atoms with E-state index < -0.39 is 5.60 Å². The van der Waals surface area contributed by atoms with Gasteiger partial charge in [0, 0.05) is 29.4 Å². The zero-order chi connectivity index (χ0) is 13.9. The quantitative estimate of drug-likeness (QED) is 0.791.